The highest BCUT2D eigenvalue weighted by Crippen LogP contribution is 2.46. The first-order valence-electron chi connectivity index (χ1n) is 7.53. The Hall–Kier alpha value is -2.53. The van der Waals surface area contributed by atoms with E-state index in [4.69, 9.17) is 25.8 Å². The van der Waals surface area contributed by atoms with E-state index in [1.165, 1.54) is 39.5 Å². The van der Waals surface area contributed by atoms with Crippen LogP contribution in [-0.2, 0) is 6.42 Å². The van der Waals surface area contributed by atoms with Crippen LogP contribution in [0.5, 0.6) is 17.2 Å². The zero-order chi connectivity index (χ0) is 18.1. The lowest BCUT2D eigenvalue weighted by Crippen LogP contribution is -2.03. The third kappa shape index (κ3) is 2.85. The number of ketones is 1. The molecule has 0 spiro atoms. The Kier molecular flexibility index (Phi) is 4.68. The fourth-order valence-corrected chi connectivity index (χ4v) is 3.20. The number of methoxy groups -OCH3 is 3. The van der Waals surface area contributed by atoms with Gasteiger partial charge in [-0.3, -0.25) is 4.79 Å². The van der Waals surface area contributed by atoms with Gasteiger partial charge in [-0.1, -0.05) is 17.7 Å². The number of ether oxygens (including phenoxy) is 3. The Labute approximate surface area is 149 Å². The Morgan fingerprint density at radius 1 is 1.12 bits per heavy atom. The molecule has 2 aromatic rings. The van der Waals surface area contributed by atoms with Crippen molar-refractivity contribution >= 4 is 23.5 Å². The van der Waals surface area contributed by atoms with Crippen LogP contribution in [0.1, 0.15) is 21.5 Å². The third-order valence-electron chi connectivity index (χ3n) is 4.13. The molecule has 3 rings (SSSR count). The highest BCUT2D eigenvalue weighted by Gasteiger charge is 2.33. The summed E-state index contributed by atoms with van der Waals surface area (Å²) in [5, 5.41) is 0.249. The van der Waals surface area contributed by atoms with Gasteiger partial charge in [-0.25, -0.2) is 4.39 Å². The highest BCUT2D eigenvalue weighted by atomic mass is 35.5. The maximum Gasteiger partial charge on any atom is 0.204 e. The summed E-state index contributed by atoms with van der Waals surface area (Å²) in [7, 11) is 4.44. The van der Waals surface area contributed by atoms with Crippen molar-refractivity contribution in [2.75, 3.05) is 21.3 Å². The van der Waals surface area contributed by atoms with E-state index in [2.05, 4.69) is 0 Å². The van der Waals surface area contributed by atoms with Gasteiger partial charge < -0.3 is 14.2 Å². The molecule has 0 saturated heterocycles. The van der Waals surface area contributed by atoms with Gasteiger partial charge in [0.05, 0.1) is 31.9 Å². The van der Waals surface area contributed by atoms with Crippen molar-refractivity contribution in [2.45, 2.75) is 6.42 Å². The van der Waals surface area contributed by atoms with Gasteiger partial charge in [0.15, 0.2) is 17.3 Å². The average Bonchev–Trinajstić information content (AvgIpc) is 2.92. The fraction of sp³-hybridized carbons (Fsp3) is 0.211. The minimum absolute atomic E-state index is 0.193. The summed E-state index contributed by atoms with van der Waals surface area (Å²) in [6.07, 6.45) is 1.81. The van der Waals surface area contributed by atoms with Crippen molar-refractivity contribution in [2.24, 2.45) is 0 Å². The van der Waals surface area contributed by atoms with E-state index in [0.29, 0.717) is 34.8 Å². The molecule has 0 heterocycles. The molecule has 0 saturated carbocycles. The standard InChI is InChI=1S/C19H16ClFO4/c1-23-15-9-10-7-11(8-12-13(20)5-4-6-14(12)21)17(22)16(10)19(25-3)18(15)24-2/h4-6,8-9H,7H2,1-3H3/b11-8-. The van der Waals surface area contributed by atoms with Gasteiger partial charge in [-0.2, -0.15) is 0 Å². The van der Waals surface area contributed by atoms with Gasteiger partial charge in [0.2, 0.25) is 5.75 Å². The number of benzene rings is 2. The molecule has 25 heavy (non-hydrogen) atoms. The molecule has 0 unspecified atom stereocenters. The van der Waals surface area contributed by atoms with E-state index in [1.807, 2.05) is 0 Å². The summed E-state index contributed by atoms with van der Waals surface area (Å²) in [6, 6.07) is 6.13. The number of carbonyl (C=O) groups excluding carboxylic acids is 1. The second kappa shape index (κ2) is 6.76. The van der Waals surface area contributed by atoms with Crippen LogP contribution in [0, 0.1) is 5.82 Å². The second-order valence-corrected chi connectivity index (χ2v) is 5.90. The number of Topliss-reactive ketones (excluding diaryl/α,β-unsaturated/α-hetero) is 1. The van der Waals surface area contributed by atoms with Crippen LogP contribution in [0.3, 0.4) is 0 Å². The number of halogens is 2. The minimum atomic E-state index is -0.481. The van der Waals surface area contributed by atoms with Gasteiger partial charge in [-0.15, -0.1) is 0 Å². The first-order chi connectivity index (χ1) is 12.0. The van der Waals surface area contributed by atoms with Crippen molar-refractivity contribution in [1.29, 1.82) is 0 Å². The molecule has 0 aromatic heterocycles. The predicted octanol–water partition coefficient (Wildman–Crippen LogP) is 4.33. The van der Waals surface area contributed by atoms with Crippen molar-refractivity contribution < 1.29 is 23.4 Å². The molecular formula is C19H16ClFO4. The number of rotatable bonds is 4. The summed E-state index contributed by atoms with van der Waals surface area (Å²) in [5.41, 5.74) is 1.76. The van der Waals surface area contributed by atoms with Gasteiger partial charge in [-0.05, 0) is 29.8 Å². The van der Waals surface area contributed by atoms with Crippen LogP contribution in [0.2, 0.25) is 5.02 Å². The van der Waals surface area contributed by atoms with Gasteiger partial charge in [0.1, 0.15) is 5.82 Å². The van der Waals surface area contributed by atoms with Gasteiger partial charge in [0.25, 0.3) is 0 Å². The topological polar surface area (TPSA) is 44.8 Å². The summed E-state index contributed by atoms with van der Waals surface area (Å²) in [6.45, 7) is 0. The molecule has 0 atom stereocenters. The largest absolute Gasteiger partial charge is 0.493 e. The van der Waals surface area contributed by atoms with Crippen LogP contribution < -0.4 is 14.2 Å². The van der Waals surface area contributed by atoms with Crippen LogP contribution in [0.25, 0.3) is 6.08 Å². The maximum absolute atomic E-state index is 14.0. The Morgan fingerprint density at radius 2 is 1.84 bits per heavy atom. The van der Waals surface area contributed by atoms with E-state index in [1.54, 1.807) is 12.1 Å². The number of hydrogen-bond acceptors (Lipinski definition) is 4. The fourth-order valence-electron chi connectivity index (χ4n) is 2.98. The van der Waals surface area contributed by atoms with Crippen LogP contribution in [0.15, 0.2) is 29.8 Å². The molecule has 0 amide bonds. The minimum Gasteiger partial charge on any atom is -0.493 e. The maximum atomic E-state index is 14.0. The van der Waals surface area contributed by atoms with Crippen molar-refractivity contribution in [3.05, 3.63) is 57.4 Å². The average molecular weight is 363 g/mol. The Balaban J connectivity index is 2.15. The number of carbonyl (C=O) groups is 1. The summed E-state index contributed by atoms with van der Waals surface area (Å²) >= 11 is 6.06. The quantitative estimate of drug-likeness (QED) is 0.759. The first kappa shape index (κ1) is 17.3. The van der Waals surface area contributed by atoms with E-state index in [-0.39, 0.29) is 16.4 Å². The lowest BCUT2D eigenvalue weighted by Gasteiger charge is -2.14. The first-order valence-corrected chi connectivity index (χ1v) is 7.90. The van der Waals surface area contributed by atoms with Crippen LogP contribution in [0.4, 0.5) is 4.39 Å². The zero-order valence-electron chi connectivity index (χ0n) is 14.0. The van der Waals surface area contributed by atoms with Gasteiger partial charge >= 0.3 is 0 Å². The second-order valence-electron chi connectivity index (χ2n) is 5.49. The van der Waals surface area contributed by atoms with E-state index in [9.17, 15) is 9.18 Å². The predicted molar refractivity (Wildman–Crippen MR) is 93.5 cm³/mol. The molecular weight excluding hydrogens is 347 g/mol. The smallest absolute Gasteiger partial charge is 0.204 e. The Morgan fingerprint density at radius 3 is 2.44 bits per heavy atom. The molecule has 0 bridgehead atoms. The summed E-state index contributed by atoms with van der Waals surface area (Å²) in [5.74, 6) is 0.404. The molecule has 0 N–H and O–H groups in total. The molecule has 2 aromatic carbocycles. The van der Waals surface area contributed by atoms with Crippen molar-refractivity contribution in [3.8, 4) is 17.2 Å². The lowest BCUT2D eigenvalue weighted by molar-refractivity contribution is 0.103. The van der Waals surface area contributed by atoms with Crippen LogP contribution in [-0.4, -0.2) is 27.1 Å². The molecule has 4 nitrogen and oxygen atoms in total. The van der Waals surface area contributed by atoms with Crippen molar-refractivity contribution in [3.63, 3.8) is 0 Å². The van der Waals surface area contributed by atoms with Crippen LogP contribution >= 0.6 is 11.6 Å². The third-order valence-corrected chi connectivity index (χ3v) is 4.46. The number of fused-ring (bicyclic) bond motifs is 1. The molecule has 0 fully saturated rings. The highest BCUT2D eigenvalue weighted by molar-refractivity contribution is 6.32. The van der Waals surface area contributed by atoms with E-state index in [0.717, 1.165) is 5.56 Å². The molecule has 1 aliphatic carbocycles. The summed E-state index contributed by atoms with van der Waals surface area (Å²) in [4.78, 5) is 12.9. The van der Waals surface area contributed by atoms with Gasteiger partial charge in [0, 0.05) is 17.6 Å². The number of allylic oxidation sites excluding steroid dienone is 1. The zero-order valence-corrected chi connectivity index (χ0v) is 14.7. The van der Waals surface area contributed by atoms with E-state index >= 15 is 0 Å². The Bertz CT molecular complexity index is 869. The summed E-state index contributed by atoms with van der Waals surface area (Å²) < 4.78 is 30.1. The normalized spacial score (nSPS) is 14.6. The lowest BCUT2D eigenvalue weighted by atomic mass is 10.1. The molecule has 0 radical (unpaired) electrons. The molecule has 1 aliphatic rings. The molecule has 130 valence electrons. The molecule has 0 aliphatic heterocycles. The molecule has 6 heteroatoms. The SMILES string of the molecule is COc1cc2c(c(OC)c1OC)C(=O)/C(=C\c1c(F)cccc1Cl)C2. The number of hydrogen-bond donors (Lipinski definition) is 0. The van der Waals surface area contributed by atoms with E-state index < -0.39 is 5.82 Å². The monoisotopic (exact) mass is 362 g/mol. The van der Waals surface area contributed by atoms with Crippen molar-refractivity contribution in [1.82, 2.24) is 0 Å².